The summed E-state index contributed by atoms with van der Waals surface area (Å²) in [5, 5.41) is 5.72. The maximum absolute atomic E-state index is 6.15. The maximum atomic E-state index is 6.15. The molecule has 0 aliphatic rings. The lowest BCUT2D eigenvalue weighted by molar-refractivity contribution is 0.111. The van der Waals surface area contributed by atoms with Gasteiger partial charge >= 0.3 is 0 Å². The van der Waals surface area contributed by atoms with E-state index in [2.05, 4.69) is 50.4 Å². The van der Waals surface area contributed by atoms with Crippen molar-refractivity contribution in [2.45, 2.75) is 26.4 Å². The van der Waals surface area contributed by atoms with Crippen LogP contribution in [0.25, 0.3) is 10.8 Å². The van der Waals surface area contributed by atoms with Gasteiger partial charge in [0.25, 0.3) is 0 Å². The van der Waals surface area contributed by atoms with Gasteiger partial charge in [-0.25, -0.2) is 0 Å². The van der Waals surface area contributed by atoms with Gasteiger partial charge in [0.15, 0.2) is 0 Å². The molecule has 0 spiro atoms. The fraction of sp³-hybridized carbons (Fsp3) is 0.375. The minimum absolute atomic E-state index is 0.208. The number of rotatable bonds is 5. The Morgan fingerprint density at radius 1 is 1.06 bits per heavy atom. The van der Waals surface area contributed by atoms with Crippen molar-refractivity contribution in [3.8, 4) is 5.75 Å². The molecule has 18 heavy (non-hydrogen) atoms. The van der Waals surface area contributed by atoms with E-state index in [0.29, 0.717) is 0 Å². The van der Waals surface area contributed by atoms with Gasteiger partial charge in [0.1, 0.15) is 11.4 Å². The van der Waals surface area contributed by atoms with E-state index in [1.807, 2.05) is 18.2 Å². The number of likely N-dealkylation sites (N-methyl/N-ethyl adjacent to an activating group) is 1. The summed E-state index contributed by atoms with van der Waals surface area (Å²) in [5.41, 5.74) is -0.208. The van der Waals surface area contributed by atoms with Crippen LogP contribution in [-0.2, 0) is 0 Å². The first-order chi connectivity index (χ1) is 8.62. The number of fused-ring (bicyclic) bond motifs is 1. The van der Waals surface area contributed by atoms with E-state index in [9.17, 15) is 0 Å². The summed E-state index contributed by atoms with van der Waals surface area (Å²) in [5.74, 6) is 0.955. The van der Waals surface area contributed by atoms with Gasteiger partial charge < -0.3 is 10.1 Å². The summed E-state index contributed by atoms with van der Waals surface area (Å²) in [6.07, 6.45) is 0. The molecule has 2 nitrogen and oxygen atoms in total. The van der Waals surface area contributed by atoms with Crippen LogP contribution in [0, 0.1) is 0 Å². The molecule has 2 aromatic rings. The van der Waals surface area contributed by atoms with Gasteiger partial charge in [0.2, 0.25) is 0 Å². The van der Waals surface area contributed by atoms with E-state index in [0.717, 1.165) is 18.8 Å². The second-order valence-corrected chi connectivity index (χ2v) is 5.12. The highest BCUT2D eigenvalue weighted by Gasteiger charge is 2.19. The first-order valence-electron chi connectivity index (χ1n) is 6.50. The van der Waals surface area contributed by atoms with Crippen molar-refractivity contribution in [3.05, 3.63) is 42.5 Å². The van der Waals surface area contributed by atoms with Gasteiger partial charge in [0, 0.05) is 11.9 Å². The van der Waals surface area contributed by atoms with Crippen LogP contribution in [-0.4, -0.2) is 18.7 Å². The Bertz CT molecular complexity index is 514. The second kappa shape index (κ2) is 5.40. The first-order valence-corrected chi connectivity index (χ1v) is 6.50. The molecule has 0 aromatic heterocycles. The number of benzene rings is 2. The second-order valence-electron chi connectivity index (χ2n) is 5.12. The summed E-state index contributed by atoms with van der Waals surface area (Å²) >= 11 is 0. The van der Waals surface area contributed by atoms with Crippen molar-refractivity contribution in [2.24, 2.45) is 0 Å². The van der Waals surface area contributed by atoms with E-state index in [1.54, 1.807) is 0 Å². The molecule has 0 bridgehead atoms. The molecule has 0 unspecified atom stereocenters. The SMILES string of the molecule is CCNCC(C)(C)Oc1cccc2ccccc12. The molecular weight excluding hydrogens is 222 g/mol. The molecule has 0 saturated heterocycles. The van der Waals surface area contributed by atoms with Crippen molar-refractivity contribution in [3.63, 3.8) is 0 Å². The van der Waals surface area contributed by atoms with Crippen molar-refractivity contribution in [2.75, 3.05) is 13.1 Å². The molecule has 0 fully saturated rings. The summed E-state index contributed by atoms with van der Waals surface area (Å²) < 4.78 is 6.15. The Morgan fingerprint density at radius 2 is 1.78 bits per heavy atom. The van der Waals surface area contributed by atoms with Crippen molar-refractivity contribution < 1.29 is 4.74 Å². The fourth-order valence-corrected chi connectivity index (χ4v) is 2.04. The number of hydrogen-bond acceptors (Lipinski definition) is 2. The van der Waals surface area contributed by atoms with Crippen LogP contribution in [0.4, 0.5) is 0 Å². The summed E-state index contributed by atoms with van der Waals surface area (Å²) in [6, 6.07) is 14.5. The zero-order valence-corrected chi connectivity index (χ0v) is 11.4. The zero-order chi connectivity index (χ0) is 13.0. The molecular formula is C16H21NO. The van der Waals surface area contributed by atoms with Gasteiger partial charge in [-0.05, 0) is 31.8 Å². The summed E-state index contributed by atoms with van der Waals surface area (Å²) in [6.45, 7) is 8.12. The lowest BCUT2D eigenvalue weighted by Gasteiger charge is -2.27. The average Bonchev–Trinajstić information content (AvgIpc) is 2.37. The standard InChI is InChI=1S/C16H21NO/c1-4-17-12-16(2,3)18-15-11-7-9-13-8-5-6-10-14(13)15/h5-11,17H,4,12H2,1-3H3. The Balaban J connectivity index is 2.26. The van der Waals surface area contributed by atoms with E-state index < -0.39 is 0 Å². The van der Waals surface area contributed by atoms with Crippen LogP contribution in [0.15, 0.2) is 42.5 Å². The molecule has 2 rings (SSSR count). The van der Waals surface area contributed by atoms with Crippen molar-refractivity contribution >= 4 is 10.8 Å². The van der Waals surface area contributed by atoms with Crippen LogP contribution < -0.4 is 10.1 Å². The molecule has 2 heteroatoms. The third-order valence-corrected chi connectivity index (χ3v) is 2.94. The lowest BCUT2D eigenvalue weighted by Crippen LogP contribution is -2.40. The Labute approximate surface area is 109 Å². The van der Waals surface area contributed by atoms with Gasteiger partial charge in [0.05, 0.1) is 0 Å². The highest BCUT2D eigenvalue weighted by atomic mass is 16.5. The zero-order valence-electron chi connectivity index (χ0n) is 11.4. The minimum Gasteiger partial charge on any atom is -0.486 e. The highest BCUT2D eigenvalue weighted by molar-refractivity contribution is 5.88. The molecule has 2 aromatic carbocycles. The Morgan fingerprint density at radius 3 is 2.56 bits per heavy atom. The smallest absolute Gasteiger partial charge is 0.128 e. The maximum Gasteiger partial charge on any atom is 0.128 e. The van der Waals surface area contributed by atoms with Gasteiger partial charge in [-0.3, -0.25) is 0 Å². The average molecular weight is 243 g/mol. The van der Waals surface area contributed by atoms with Crippen molar-refractivity contribution in [1.29, 1.82) is 0 Å². The molecule has 0 saturated carbocycles. The van der Waals surface area contributed by atoms with E-state index in [-0.39, 0.29) is 5.60 Å². The van der Waals surface area contributed by atoms with E-state index >= 15 is 0 Å². The quantitative estimate of drug-likeness (QED) is 0.866. The number of hydrogen-bond donors (Lipinski definition) is 1. The van der Waals surface area contributed by atoms with Crippen LogP contribution in [0.2, 0.25) is 0 Å². The third-order valence-electron chi connectivity index (χ3n) is 2.94. The first kappa shape index (κ1) is 12.9. The number of nitrogens with one attached hydrogen (secondary N) is 1. The van der Waals surface area contributed by atoms with Crippen LogP contribution in [0.5, 0.6) is 5.75 Å². The third kappa shape index (κ3) is 3.02. The monoisotopic (exact) mass is 243 g/mol. The predicted molar refractivity (Wildman–Crippen MR) is 77.2 cm³/mol. The Hall–Kier alpha value is -1.54. The topological polar surface area (TPSA) is 21.3 Å². The molecule has 0 atom stereocenters. The molecule has 0 aliphatic heterocycles. The van der Waals surface area contributed by atoms with Crippen LogP contribution in [0.3, 0.4) is 0 Å². The van der Waals surface area contributed by atoms with Crippen molar-refractivity contribution in [1.82, 2.24) is 5.32 Å². The molecule has 0 aliphatic carbocycles. The minimum atomic E-state index is -0.208. The molecule has 0 heterocycles. The van der Waals surface area contributed by atoms with E-state index in [1.165, 1.54) is 10.8 Å². The predicted octanol–water partition coefficient (Wildman–Crippen LogP) is 3.61. The molecule has 0 radical (unpaired) electrons. The number of ether oxygens (including phenoxy) is 1. The lowest BCUT2D eigenvalue weighted by atomic mass is 10.1. The summed E-state index contributed by atoms with van der Waals surface area (Å²) in [4.78, 5) is 0. The highest BCUT2D eigenvalue weighted by Crippen LogP contribution is 2.28. The normalized spacial score (nSPS) is 11.7. The van der Waals surface area contributed by atoms with Gasteiger partial charge in [-0.2, -0.15) is 0 Å². The van der Waals surface area contributed by atoms with Gasteiger partial charge in [-0.15, -0.1) is 0 Å². The van der Waals surface area contributed by atoms with E-state index in [4.69, 9.17) is 4.74 Å². The summed E-state index contributed by atoms with van der Waals surface area (Å²) in [7, 11) is 0. The van der Waals surface area contributed by atoms with Crippen LogP contribution in [0.1, 0.15) is 20.8 Å². The fourth-order valence-electron chi connectivity index (χ4n) is 2.04. The van der Waals surface area contributed by atoms with Crippen LogP contribution >= 0.6 is 0 Å². The molecule has 96 valence electrons. The molecule has 0 amide bonds. The Kier molecular flexibility index (Phi) is 3.87. The van der Waals surface area contributed by atoms with Gasteiger partial charge in [-0.1, -0.05) is 43.3 Å². The largest absolute Gasteiger partial charge is 0.486 e. The molecule has 1 N–H and O–H groups in total.